The minimum Gasteiger partial charge on any atom is -0.370 e. The zero-order valence-corrected chi connectivity index (χ0v) is 11.1. The molecule has 0 aliphatic heterocycles. The van der Waals surface area contributed by atoms with Gasteiger partial charge in [0.25, 0.3) is 0 Å². The Morgan fingerprint density at radius 3 is 2.59 bits per heavy atom. The number of rotatable bonds is 6. The van der Waals surface area contributed by atoms with Gasteiger partial charge in [0.2, 0.25) is 0 Å². The Bertz CT molecular complexity index is 358. The molecule has 0 radical (unpaired) electrons. The third kappa shape index (κ3) is 3.83. The lowest BCUT2D eigenvalue weighted by atomic mass is 10.0. The second kappa shape index (κ2) is 5.65. The molecule has 0 aromatic heterocycles. The largest absolute Gasteiger partial charge is 0.370 e. The highest BCUT2D eigenvalue weighted by atomic mass is 16.5. The topological polar surface area (TPSA) is 21.3 Å². The maximum Gasteiger partial charge on any atom is 0.0955 e. The second-order valence-corrected chi connectivity index (χ2v) is 5.21. The summed E-state index contributed by atoms with van der Waals surface area (Å²) in [5.74, 6) is 0. The van der Waals surface area contributed by atoms with Gasteiger partial charge < -0.3 is 10.1 Å². The molecule has 1 aliphatic rings. The molecule has 2 nitrogen and oxygen atoms in total. The summed E-state index contributed by atoms with van der Waals surface area (Å²) in [6.07, 6.45) is 3.09. The van der Waals surface area contributed by atoms with Crippen LogP contribution in [0.2, 0.25) is 0 Å². The first-order valence-corrected chi connectivity index (χ1v) is 6.61. The second-order valence-electron chi connectivity index (χ2n) is 5.21. The lowest BCUT2D eigenvalue weighted by molar-refractivity contribution is 0.00660. The SMILES string of the molecule is Cc1ccccc1C(CNC1CC1)OC(C)C. The zero-order chi connectivity index (χ0) is 12.3. The summed E-state index contributed by atoms with van der Waals surface area (Å²) in [5, 5.41) is 3.56. The Hall–Kier alpha value is -0.860. The van der Waals surface area contributed by atoms with E-state index in [4.69, 9.17) is 4.74 Å². The predicted molar refractivity (Wildman–Crippen MR) is 71.2 cm³/mol. The summed E-state index contributed by atoms with van der Waals surface area (Å²) in [6, 6.07) is 9.24. The molecule has 1 atom stereocenters. The third-order valence-corrected chi connectivity index (χ3v) is 3.14. The van der Waals surface area contributed by atoms with Crippen LogP contribution in [0.25, 0.3) is 0 Å². The van der Waals surface area contributed by atoms with E-state index in [1.807, 2.05) is 0 Å². The van der Waals surface area contributed by atoms with Crippen LogP contribution in [0.15, 0.2) is 24.3 Å². The van der Waals surface area contributed by atoms with E-state index in [1.165, 1.54) is 24.0 Å². The molecule has 2 rings (SSSR count). The van der Waals surface area contributed by atoms with Gasteiger partial charge in [-0.1, -0.05) is 24.3 Å². The third-order valence-electron chi connectivity index (χ3n) is 3.14. The van der Waals surface area contributed by atoms with Gasteiger partial charge in [-0.25, -0.2) is 0 Å². The summed E-state index contributed by atoms with van der Waals surface area (Å²) < 4.78 is 6.03. The highest BCUT2D eigenvalue weighted by molar-refractivity contribution is 5.28. The molecule has 1 aliphatic carbocycles. The van der Waals surface area contributed by atoms with E-state index in [-0.39, 0.29) is 12.2 Å². The van der Waals surface area contributed by atoms with Gasteiger partial charge in [-0.15, -0.1) is 0 Å². The van der Waals surface area contributed by atoms with Crippen LogP contribution in [-0.2, 0) is 4.74 Å². The lowest BCUT2D eigenvalue weighted by Gasteiger charge is -2.23. The minimum atomic E-state index is 0.178. The Labute approximate surface area is 104 Å². The van der Waals surface area contributed by atoms with E-state index < -0.39 is 0 Å². The molecule has 0 saturated heterocycles. The highest BCUT2D eigenvalue weighted by Gasteiger charge is 2.23. The van der Waals surface area contributed by atoms with Crippen molar-refractivity contribution in [1.29, 1.82) is 0 Å². The molecule has 1 aromatic rings. The first-order valence-electron chi connectivity index (χ1n) is 6.61. The molecule has 0 heterocycles. The summed E-state index contributed by atoms with van der Waals surface area (Å²) in [7, 11) is 0. The van der Waals surface area contributed by atoms with Gasteiger partial charge in [0.15, 0.2) is 0 Å². The number of hydrogen-bond acceptors (Lipinski definition) is 2. The summed E-state index contributed by atoms with van der Waals surface area (Å²) in [6.45, 7) is 7.28. The molecule has 0 bridgehead atoms. The smallest absolute Gasteiger partial charge is 0.0955 e. The van der Waals surface area contributed by atoms with Crippen LogP contribution < -0.4 is 5.32 Å². The van der Waals surface area contributed by atoms with Gasteiger partial charge in [0.1, 0.15) is 0 Å². The van der Waals surface area contributed by atoms with Crippen LogP contribution in [0.3, 0.4) is 0 Å². The molecule has 1 N–H and O–H groups in total. The highest BCUT2D eigenvalue weighted by Crippen LogP contribution is 2.24. The van der Waals surface area contributed by atoms with Crippen molar-refractivity contribution in [3.63, 3.8) is 0 Å². The first-order chi connectivity index (χ1) is 8.16. The van der Waals surface area contributed by atoms with Crippen molar-refractivity contribution in [3.05, 3.63) is 35.4 Å². The molecule has 0 spiro atoms. The van der Waals surface area contributed by atoms with Crippen molar-refractivity contribution in [1.82, 2.24) is 5.32 Å². The van der Waals surface area contributed by atoms with E-state index >= 15 is 0 Å². The van der Waals surface area contributed by atoms with Crippen LogP contribution in [-0.4, -0.2) is 18.7 Å². The van der Waals surface area contributed by atoms with Crippen molar-refractivity contribution in [2.45, 2.75) is 51.9 Å². The maximum absolute atomic E-state index is 6.03. The van der Waals surface area contributed by atoms with E-state index in [1.54, 1.807) is 0 Å². The maximum atomic E-state index is 6.03. The average Bonchev–Trinajstić information content (AvgIpc) is 3.08. The monoisotopic (exact) mass is 233 g/mol. The molecular formula is C15H23NO. The van der Waals surface area contributed by atoms with Crippen molar-refractivity contribution in [3.8, 4) is 0 Å². The number of benzene rings is 1. The quantitative estimate of drug-likeness (QED) is 0.814. The van der Waals surface area contributed by atoms with Gasteiger partial charge >= 0.3 is 0 Å². The summed E-state index contributed by atoms with van der Waals surface area (Å²) in [5.41, 5.74) is 2.63. The van der Waals surface area contributed by atoms with E-state index in [2.05, 4.69) is 50.4 Å². The zero-order valence-electron chi connectivity index (χ0n) is 11.1. The van der Waals surface area contributed by atoms with Crippen LogP contribution in [0.4, 0.5) is 0 Å². The fourth-order valence-electron chi connectivity index (χ4n) is 2.07. The molecular weight excluding hydrogens is 210 g/mol. The van der Waals surface area contributed by atoms with Gasteiger partial charge in [0, 0.05) is 12.6 Å². The Balaban J connectivity index is 2.04. The van der Waals surface area contributed by atoms with Crippen LogP contribution in [0.5, 0.6) is 0 Å². The van der Waals surface area contributed by atoms with E-state index in [0.717, 1.165) is 12.6 Å². The number of aryl methyl sites for hydroxylation is 1. The molecule has 1 aromatic carbocycles. The molecule has 1 saturated carbocycles. The van der Waals surface area contributed by atoms with Gasteiger partial charge in [-0.3, -0.25) is 0 Å². The van der Waals surface area contributed by atoms with E-state index in [0.29, 0.717) is 0 Å². The normalized spacial score (nSPS) is 17.4. The van der Waals surface area contributed by atoms with Crippen molar-refractivity contribution >= 4 is 0 Å². The number of ether oxygens (including phenoxy) is 1. The Morgan fingerprint density at radius 1 is 1.29 bits per heavy atom. The summed E-state index contributed by atoms with van der Waals surface area (Å²) in [4.78, 5) is 0. The fraction of sp³-hybridized carbons (Fsp3) is 0.600. The molecule has 2 heteroatoms. The molecule has 17 heavy (non-hydrogen) atoms. The Kier molecular flexibility index (Phi) is 4.19. The molecule has 1 fully saturated rings. The van der Waals surface area contributed by atoms with E-state index in [9.17, 15) is 0 Å². The van der Waals surface area contributed by atoms with Crippen molar-refractivity contribution < 1.29 is 4.74 Å². The summed E-state index contributed by atoms with van der Waals surface area (Å²) >= 11 is 0. The van der Waals surface area contributed by atoms with Gasteiger partial charge in [0.05, 0.1) is 12.2 Å². The molecule has 0 amide bonds. The number of nitrogens with one attached hydrogen (secondary N) is 1. The van der Waals surface area contributed by atoms with Crippen LogP contribution in [0, 0.1) is 6.92 Å². The van der Waals surface area contributed by atoms with Gasteiger partial charge in [-0.2, -0.15) is 0 Å². The number of hydrogen-bond donors (Lipinski definition) is 1. The van der Waals surface area contributed by atoms with Crippen molar-refractivity contribution in [2.75, 3.05) is 6.54 Å². The fourth-order valence-corrected chi connectivity index (χ4v) is 2.07. The van der Waals surface area contributed by atoms with Crippen LogP contribution in [0.1, 0.15) is 43.9 Å². The van der Waals surface area contributed by atoms with Gasteiger partial charge in [-0.05, 0) is 44.7 Å². The molecule has 94 valence electrons. The standard InChI is InChI=1S/C15H23NO/c1-11(2)17-15(10-16-13-8-9-13)14-7-5-4-6-12(14)3/h4-7,11,13,15-16H,8-10H2,1-3H3. The minimum absolute atomic E-state index is 0.178. The predicted octanol–water partition coefficient (Wildman–Crippen LogP) is 3.21. The van der Waals surface area contributed by atoms with Crippen molar-refractivity contribution in [2.24, 2.45) is 0 Å². The molecule has 1 unspecified atom stereocenters. The van der Waals surface area contributed by atoms with Crippen LogP contribution >= 0.6 is 0 Å². The lowest BCUT2D eigenvalue weighted by Crippen LogP contribution is -2.27. The first kappa shape index (κ1) is 12.6. The average molecular weight is 233 g/mol. The Morgan fingerprint density at radius 2 is 2.00 bits per heavy atom.